The van der Waals surface area contributed by atoms with Gasteiger partial charge in [0, 0.05) is 5.25 Å². The molecule has 0 fully saturated rings. The van der Waals surface area contributed by atoms with E-state index in [9.17, 15) is 0 Å². The third-order valence-electron chi connectivity index (χ3n) is 1.97. The molecule has 0 saturated heterocycles. The van der Waals surface area contributed by atoms with Crippen LogP contribution in [0.1, 0.15) is 6.92 Å². The zero-order valence-electron chi connectivity index (χ0n) is 8.64. The number of hydrazine groups is 1. The predicted molar refractivity (Wildman–Crippen MR) is 61.9 cm³/mol. The number of nitrogen functional groups attached to an aromatic ring is 1. The van der Waals surface area contributed by atoms with Crippen LogP contribution in [0.4, 0.5) is 5.95 Å². The van der Waals surface area contributed by atoms with Crippen molar-refractivity contribution in [3.05, 3.63) is 6.20 Å². The van der Waals surface area contributed by atoms with Crippen molar-refractivity contribution in [1.29, 1.82) is 0 Å². The van der Waals surface area contributed by atoms with Gasteiger partial charge in [-0.2, -0.15) is 10.1 Å². The van der Waals surface area contributed by atoms with Gasteiger partial charge in [-0.15, -0.1) is 0 Å². The molecule has 1 unspecified atom stereocenters. The van der Waals surface area contributed by atoms with Crippen LogP contribution in [-0.2, 0) is 0 Å². The van der Waals surface area contributed by atoms with Gasteiger partial charge in [0.05, 0.1) is 18.2 Å². The first-order chi connectivity index (χ1) is 7.74. The SMILES string of the molecule is CC(CO)Sc1nc(NN)nc2[nH]ncc12. The number of anilines is 1. The molecule has 0 aliphatic rings. The molecule has 0 radical (unpaired) electrons. The minimum absolute atomic E-state index is 0.0543. The fourth-order valence-corrected chi connectivity index (χ4v) is 2.06. The number of rotatable bonds is 4. The largest absolute Gasteiger partial charge is 0.395 e. The van der Waals surface area contributed by atoms with Crippen LogP contribution in [0.5, 0.6) is 0 Å². The lowest BCUT2D eigenvalue weighted by atomic mass is 10.4. The van der Waals surface area contributed by atoms with E-state index in [1.807, 2.05) is 6.92 Å². The molecular formula is C8H12N6OS. The first-order valence-corrected chi connectivity index (χ1v) is 5.57. The number of aliphatic hydroxyl groups is 1. The summed E-state index contributed by atoms with van der Waals surface area (Å²) in [5.74, 6) is 5.60. The molecule has 86 valence electrons. The van der Waals surface area contributed by atoms with Gasteiger partial charge in [0.2, 0.25) is 5.95 Å². The summed E-state index contributed by atoms with van der Waals surface area (Å²) < 4.78 is 0. The van der Waals surface area contributed by atoms with Crippen LogP contribution in [0.25, 0.3) is 11.0 Å². The van der Waals surface area contributed by atoms with E-state index in [-0.39, 0.29) is 11.9 Å². The monoisotopic (exact) mass is 240 g/mol. The average molecular weight is 240 g/mol. The highest BCUT2D eigenvalue weighted by atomic mass is 32.2. The Labute approximate surface area is 95.8 Å². The second kappa shape index (κ2) is 4.64. The van der Waals surface area contributed by atoms with Gasteiger partial charge < -0.3 is 5.11 Å². The van der Waals surface area contributed by atoms with Gasteiger partial charge >= 0.3 is 0 Å². The Balaban J connectivity index is 2.44. The Morgan fingerprint density at radius 1 is 1.62 bits per heavy atom. The summed E-state index contributed by atoms with van der Waals surface area (Å²) in [6, 6.07) is 0. The summed E-state index contributed by atoms with van der Waals surface area (Å²) >= 11 is 1.45. The number of H-pyrrole nitrogens is 1. The minimum atomic E-state index is 0.0543. The maximum Gasteiger partial charge on any atom is 0.240 e. The third kappa shape index (κ3) is 2.08. The average Bonchev–Trinajstić information content (AvgIpc) is 2.76. The molecule has 0 amide bonds. The maximum absolute atomic E-state index is 9.02. The van der Waals surface area contributed by atoms with Crippen molar-refractivity contribution in [3.8, 4) is 0 Å². The summed E-state index contributed by atoms with van der Waals surface area (Å²) in [6.07, 6.45) is 1.65. The van der Waals surface area contributed by atoms with Crippen molar-refractivity contribution >= 4 is 28.7 Å². The lowest BCUT2D eigenvalue weighted by molar-refractivity contribution is 0.300. The van der Waals surface area contributed by atoms with E-state index in [2.05, 4.69) is 25.6 Å². The highest BCUT2D eigenvalue weighted by molar-refractivity contribution is 8.00. The van der Waals surface area contributed by atoms with Crippen LogP contribution in [0.2, 0.25) is 0 Å². The number of nitrogens with two attached hydrogens (primary N) is 1. The molecule has 1 atom stereocenters. The van der Waals surface area contributed by atoms with Gasteiger partial charge in [-0.05, 0) is 0 Å². The Kier molecular flexibility index (Phi) is 3.22. The van der Waals surface area contributed by atoms with Crippen LogP contribution in [0, 0.1) is 0 Å². The molecule has 0 aliphatic carbocycles. The van der Waals surface area contributed by atoms with E-state index in [1.165, 1.54) is 11.8 Å². The van der Waals surface area contributed by atoms with E-state index < -0.39 is 0 Å². The van der Waals surface area contributed by atoms with Crippen molar-refractivity contribution in [2.75, 3.05) is 12.0 Å². The number of thioether (sulfide) groups is 1. The summed E-state index contributed by atoms with van der Waals surface area (Å²) in [5.41, 5.74) is 3.02. The van der Waals surface area contributed by atoms with Crippen molar-refractivity contribution < 1.29 is 5.11 Å². The summed E-state index contributed by atoms with van der Waals surface area (Å²) in [5, 5.41) is 17.3. The molecular weight excluding hydrogens is 228 g/mol. The highest BCUT2D eigenvalue weighted by Crippen LogP contribution is 2.28. The van der Waals surface area contributed by atoms with E-state index in [0.717, 1.165) is 10.4 Å². The Morgan fingerprint density at radius 2 is 2.44 bits per heavy atom. The zero-order chi connectivity index (χ0) is 11.5. The Hall–Kier alpha value is -1.38. The molecule has 0 aromatic carbocycles. The summed E-state index contributed by atoms with van der Waals surface area (Å²) in [7, 11) is 0. The fourth-order valence-electron chi connectivity index (χ4n) is 1.19. The molecule has 8 heteroatoms. The third-order valence-corrected chi connectivity index (χ3v) is 3.06. The lowest BCUT2D eigenvalue weighted by Crippen LogP contribution is -2.11. The van der Waals surface area contributed by atoms with E-state index in [1.54, 1.807) is 6.20 Å². The minimum Gasteiger partial charge on any atom is -0.395 e. The molecule has 5 N–H and O–H groups in total. The first kappa shape index (κ1) is 11.1. The first-order valence-electron chi connectivity index (χ1n) is 4.70. The molecule has 2 aromatic rings. The summed E-state index contributed by atoms with van der Waals surface area (Å²) in [4.78, 5) is 8.33. The van der Waals surface area contributed by atoms with Crippen LogP contribution < -0.4 is 11.3 Å². The van der Waals surface area contributed by atoms with Crippen molar-refractivity contribution in [3.63, 3.8) is 0 Å². The predicted octanol–water partition coefficient (Wildman–Crippen LogP) is 0.111. The smallest absolute Gasteiger partial charge is 0.240 e. The quantitative estimate of drug-likeness (QED) is 0.260. The number of hydrogen-bond acceptors (Lipinski definition) is 7. The van der Waals surface area contributed by atoms with E-state index in [4.69, 9.17) is 10.9 Å². The molecule has 0 aliphatic heterocycles. The Bertz CT molecular complexity index is 486. The van der Waals surface area contributed by atoms with Gasteiger partial charge in [0.15, 0.2) is 5.65 Å². The Morgan fingerprint density at radius 3 is 3.12 bits per heavy atom. The number of nitrogens with zero attached hydrogens (tertiary/aromatic N) is 3. The second-order valence-corrected chi connectivity index (χ2v) is 4.67. The standard InChI is InChI=1S/C8H12N6OS/c1-4(3-15)16-7-5-2-10-14-6(5)11-8(12-7)13-9/h2,4,15H,3,9H2,1H3,(H2,10,11,12,13,14). The van der Waals surface area contributed by atoms with Crippen LogP contribution in [-0.4, -0.2) is 37.1 Å². The number of aliphatic hydroxyl groups excluding tert-OH is 1. The van der Waals surface area contributed by atoms with Crippen LogP contribution in [0.15, 0.2) is 11.2 Å². The second-order valence-electron chi connectivity index (χ2n) is 3.24. The number of aromatic amines is 1. The maximum atomic E-state index is 9.02. The number of fused-ring (bicyclic) bond motifs is 1. The highest BCUT2D eigenvalue weighted by Gasteiger charge is 2.12. The van der Waals surface area contributed by atoms with Gasteiger partial charge in [0.25, 0.3) is 0 Å². The van der Waals surface area contributed by atoms with E-state index >= 15 is 0 Å². The molecule has 2 aromatic heterocycles. The molecule has 0 spiro atoms. The van der Waals surface area contributed by atoms with Crippen molar-refractivity contribution in [1.82, 2.24) is 20.2 Å². The van der Waals surface area contributed by atoms with Gasteiger partial charge in [0.1, 0.15) is 5.03 Å². The topological polar surface area (TPSA) is 113 Å². The molecule has 0 bridgehead atoms. The van der Waals surface area contributed by atoms with Gasteiger partial charge in [-0.1, -0.05) is 18.7 Å². The number of hydrogen-bond donors (Lipinski definition) is 4. The van der Waals surface area contributed by atoms with Gasteiger partial charge in [-0.25, -0.2) is 10.8 Å². The fraction of sp³-hybridized carbons (Fsp3) is 0.375. The molecule has 2 heterocycles. The molecule has 2 rings (SSSR count). The summed E-state index contributed by atoms with van der Waals surface area (Å²) in [6.45, 7) is 1.99. The van der Waals surface area contributed by atoms with Crippen molar-refractivity contribution in [2.24, 2.45) is 5.84 Å². The van der Waals surface area contributed by atoms with Crippen LogP contribution >= 0.6 is 11.8 Å². The molecule has 7 nitrogen and oxygen atoms in total. The zero-order valence-corrected chi connectivity index (χ0v) is 9.45. The molecule has 0 saturated carbocycles. The number of nitrogens with one attached hydrogen (secondary N) is 2. The van der Waals surface area contributed by atoms with Crippen LogP contribution in [0.3, 0.4) is 0 Å². The normalized spacial score (nSPS) is 12.9. The van der Waals surface area contributed by atoms with Gasteiger partial charge in [-0.3, -0.25) is 10.5 Å². The number of aromatic nitrogens is 4. The van der Waals surface area contributed by atoms with E-state index in [0.29, 0.717) is 11.6 Å². The lowest BCUT2D eigenvalue weighted by Gasteiger charge is -2.08. The van der Waals surface area contributed by atoms with Crippen molar-refractivity contribution in [2.45, 2.75) is 17.2 Å². The molecule has 16 heavy (non-hydrogen) atoms.